The fourth-order valence-electron chi connectivity index (χ4n) is 2.11. The molecule has 0 aliphatic carbocycles. The van der Waals surface area contributed by atoms with E-state index in [1.54, 1.807) is 12.1 Å². The molecule has 3 rings (SSSR count). The first-order valence-electron chi connectivity index (χ1n) is 6.30. The topological polar surface area (TPSA) is 29.3 Å². The van der Waals surface area contributed by atoms with Crippen LogP contribution in [0, 0.1) is 5.82 Å². The van der Waals surface area contributed by atoms with E-state index in [1.807, 2.05) is 35.1 Å². The number of fused-ring (bicyclic) bond motifs is 1. The summed E-state index contributed by atoms with van der Waals surface area (Å²) in [4.78, 5) is 0. The van der Waals surface area contributed by atoms with Gasteiger partial charge in [-0.2, -0.15) is 5.10 Å². The number of nitrogens with one attached hydrogen (secondary N) is 1. The third kappa shape index (κ3) is 2.66. The number of hydrogen-bond donors (Lipinski definition) is 1. The van der Waals surface area contributed by atoms with Crippen LogP contribution in [-0.4, -0.2) is 9.61 Å². The van der Waals surface area contributed by atoms with Crippen molar-refractivity contribution in [2.75, 3.05) is 0 Å². The van der Waals surface area contributed by atoms with Gasteiger partial charge in [0.2, 0.25) is 0 Å². The first-order chi connectivity index (χ1) is 9.74. The zero-order valence-electron chi connectivity index (χ0n) is 10.7. The van der Waals surface area contributed by atoms with Gasteiger partial charge in [-0.05, 0) is 29.8 Å². The van der Waals surface area contributed by atoms with E-state index in [1.165, 1.54) is 6.07 Å². The molecular formula is C15H13ClFN3. The van der Waals surface area contributed by atoms with Gasteiger partial charge in [0.05, 0.1) is 16.7 Å². The lowest BCUT2D eigenvalue weighted by atomic mass is 10.2. The number of nitrogens with zero attached hydrogens (tertiary/aromatic N) is 2. The Hall–Kier alpha value is -1.91. The Kier molecular flexibility index (Phi) is 3.67. The summed E-state index contributed by atoms with van der Waals surface area (Å²) in [6.07, 6.45) is 3.76. The minimum absolute atomic E-state index is 0.153. The maximum Gasteiger partial charge on any atom is 0.141 e. The van der Waals surface area contributed by atoms with Crippen molar-refractivity contribution in [2.24, 2.45) is 0 Å². The molecular weight excluding hydrogens is 277 g/mol. The first-order valence-corrected chi connectivity index (χ1v) is 6.68. The van der Waals surface area contributed by atoms with Crippen molar-refractivity contribution in [3.63, 3.8) is 0 Å². The predicted octanol–water partition coefficient (Wildman–Crippen LogP) is 3.42. The fraction of sp³-hybridized carbons (Fsp3) is 0.133. The van der Waals surface area contributed by atoms with E-state index in [9.17, 15) is 4.39 Å². The van der Waals surface area contributed by atoms with E-state index >= 15 is 0 Å². The van der Waals surface area contributed by atoms with Gasteiger partial charge in [0.25, 0.3) is 0 Å². The van der Waals surface area contributed by atoms with E-state index in [0.29, 0.717) is 13.1 Å². The van der Waals surface area contributed by atoms with Crippen LogP contribution < -0.4 is 5.32 Å². The molecule has 0 radical (unpaired) electrons. The minimum atomic E-state index is -0.391. The molecule has 5 heteroatoms. The van der Waals surface area contributed by atoms with Crippen molar-refractivity contribution in [1.82, 2.24) is 14.9 Å². The summed E-state index contributed by atoms with van der Waals surface area (Å²) < 4.78 is 14.9. The van der Waals surface area contributed by atoms with Crippen LogP contribution in [0.5, 0.6) is 0 Å². The maximum absolute atomic E-state index is 13.1. The first kappa shape index (κ1) is 13.1. The average Bonchev–Trinajstić information content (AvgIpc) is 2.86. The van der Waals surface area contributed by atoms with Crippen LogP contribution in [0.25, 0.3) is 5.52 Å². The van der Waals surface area contributed by atoms with Gasteiger partial charge in [0, 0.05) is 24.8 Å². The van der Waals surface area contributed by atoms with Gasteiger partial charge in [-0.3, -0.25) is 0 Å². The molecule has 0 saturated heterocycles. The number of pyridine rings is 1. The summed E-state index contributed by atoms with van der Waals surface area (Å²) >= 11 is 5.75. The predicted molar refractivity (Wildman–Crippen MR) is 77.1 cm³/mol. The highest BCUT2D eigenvalue weighted by Crippen LogP contribution is 2.16. The van der Waals surface area contributed by atoms with Gasteiger partial charge in [-0.25, -0.2) is 8.91 Å². The molecule has 2 aromatic heterocycles. The molecule has 3 aromatic rings. The van der Waals surface area contributed by atoms with Gasteiger partial charge in [-0.1, -0.05) is 23.7 Å². The van der Waals surface area contributed by atoms with Crippen LogP contribution in [0.15, 0.2) is 48.8 Å². The zero-order chi connectivity index (χ0) is 13.9. The number of benzene rings is 1. The second kappa shape index (κ2) is 5.61. The highest BCUT2D eigenvalue weighted by atomic mass is 35.5. The van der Waals surface area contributed by atoms with E-state index in [0.717, 1.165) is 16.6 Å². The van der Waals surface area contributed by atoms with Crippen LogP contribution in [0.1, 0.15) is 11.1 Å². The van der Waals surface area contributed by atoms with Crippen molar-refractivity contribution < 1.29 is 4.39 Å². The molecule has 0 atom stereocenters. The summed E-state index contributed by atoms with van der Waals surface area (Å²) in [5.41, 5.74) is 3.16. The Morgan fingerprint density at radius 3 is 2.95 bits per heavy atom. The molecule has 0 aliphatic heterocycles. The summed E-state index contributed by atoms with van der Waals surface area (Å²) in [6, 6.07) is 10.7. The quantitative estimate of drug-likeness (QED) is 0.797. The number of hydrogen-bond acceptors (Lipinski definition) is 2. The minimum Gasteiger partial charge on any atom is -0.308 e. The maximum atomic E-state index is 13.1. The van der Waals surface area contributed by atoms with Crippen molar-refractivity contribution >= 4 is 17.1 Å². The molecule has 1 N–H and O–H groups in total. The van der Waals surface area contributed by atoms with Crippen LogP contribution in [-0.2, 0) is 13.1 Å². The highest BCUT2D eigenvalue weighted by Gasteiger charge is 2.04. The third-order valence-electron chi connectivity index (χ3n) is 3.13. The highest BCUT2D eigenvalue weighted by molar-refractivity contribution is 6.30. The van der Waals surface area contributed by atoms with Crippen molar-refractivity contribution in [2.45, 2.75) is 13.1 Å². The van der Waals surface area contributed by atoms with Crippen LogP contribution in [0.4, 0.5) is 4.39 Å². The van der Waals surface area contributed by atoms with Crippen molar-refractivity contribution in [1.29, 1.82) is 0 Å². The van der Waals surface area contributed by atoms with Crippen LogP contribution in [0.2, 0.25) is 5.02 Å². The fourth-order valence-corrected chi connectivity index (χ4v) is 2.32. The second-order valence-corrected chi connectivity index (χ2v) is 4.96. The van der Waals surface area contributed by atoms with E-state index in [-0.39, 0.29) is 5.02 Å². The molecule has 20 heavy (non-hydrogen) atoms. The molecule has 0 saturated carbocycles. The second-order valence-electron chi connectivity index (χ2n) is 4.55. The lowest BCUT2D eigenvalue weighted by molar-refractivity contribution is 0.625. The van der Waals surface area contributed by atoms with Gasteiger partial charge in [0.1, 0.15) is 5.82 Å². The molecule has 0 amide bonds. The Balaban J connectivity index is 1.66. The molecule has 0 bridgehead atoms. The average molecular weight is 290 g/mol. The Morgan fingerprint density at radius 1 is 1.20 bits per heavy atom. The van der Waals surface area contributed by atoms with E-state index in [4.69, 9.17) is 11.6 Å². The third-order valence-corrected chi connectivity index (χ3v) is 3.42. The van der Waals surface area contributed by atoms with Gasteiger partial charge < -0.3 is 5.32 Å². The molecule has 0 aliphatic rings. The number of rotatable bonds is 4. The normalized spacial score (nSPS) is 11.1. The lowest BCUT2D eigenvalue weighted by Crippen LogP contribution is -2.12. The molecule has 102 valence electrons. The summed E-state index contributed by atoms with van der Waals surface area (Å²) in [7, 11) is 0. The molecule has 2 heterocycles. The molecule has 0 fully saturated rings. The molecule has 3 nitrogen and oxygen atoms in total. The van der Waals surface area contributed by atoms with Gasteiger partial charge in [0.15, 0.2) is 0 Å². The monoisotopic (exact) mass is 289 g/mol. The van der Waals surface area contributed by atoms with Crippen molar-refractivity contribution in [3.8, 4) is 0 Å². The van der Waals surface area contributed by atoms with Gasteiger partial charge in [-0.15, -0.1) is 0 Å². The number of aromatic nitrogens is 2. The molecule has 1 aromatic carbocycles. The summed E-state index contributed by atoms with van der Waals surface area (Å²) in [5.74, 6) is -0.391. The van der Waals surface area contributed by atoms with Gasteiger partial charge >= 0.3 is 0 Å². The smallest absolute Gasteiger partial charge is 0.141 e. The standard InChI is InChI=1S/C15H13ClFN3/c16-13-7-11(4-5-14(13)17)8-18-9-12-10-19-20-6-2-1-3-15(12)20/h1-7,10,18H,8-9H2. The SMILES string of the molecule is Fc1ccc(CNCc2cnn3ccccc23)cc1Cl. The van der Waals surface area contributed by atoms with Crippen LogP contribution in [0.3, 0.4) is 0 Å². The molecule has 0 unspecified atom stereocenters. The molecule has 0 spiro atoms. The Labute approximate surface area is 121 Å². The Bertz CT molecular complexity index is 739. The summed E-state index contributed by atoms with van der Waals surface area (Å²) in [5, 5.41) is 7.74. The summed E-state index contributed by atoms with van der Waals surface area (Å²) in [6.45, 7) is 1.33. The van der Waals surface area contributed by atoms with E-state index < -0.39 is 5.82 Å². The van der Waals surface area contributed by atoms with E-state index in [2.05, 4.69) is 10.4 Å². The van der Waals surface area contributed by atoms with Crippen LogP contribution >= 0.6 is 11.6 Å². The van der Waals surface area contributed by atoms with Crippen molar-refractivity contribution in [3.05, 3.63) is 70.8 Å². The largest absolute Gasteiger partial charge is 0.308 e. The lowest BCUT2D eigenvalue weighted by Gasteiger charge is -2.05. The zero-order valence-corrected chi connectivity index (χ0v) is 11.4. The number of halogens is 2. The Morgan fingerprint density at radius 2 is 2.10 bits per heavy atom.